The van der Waals surface area contributed by atoms with Crippen molar-refractivity contribution in [3.8, 4) is 11.5 Å². The highest BCUT2D eigenvalue weighted by atomic mass is 35.5. The molecule has 0 bridgehead atoms. The van der Waals surface area contributed by atoms with Crippen molar-refractivity contribution in [2.24, 2.45) is 5.41 Å². The maximum absolute atomic E-state index is 15.6. The van der Waals surface area contributed by atoms with Crippen LogP contribution in [-0.4, -0.2) is 61.2 Å². The first-order valence-electron chi connectivity index (χ1n) is 12.3. The fourth-order valence-electron chi connectivity index (χ4n) is 4.91. The SMILES string of the molecule is COc1cccc(SCCN2CCC(CO)(CC[C@@H](F)c3c(Cl)cnc4ccc(OC)cc34)CC2)c1. The Labute approximate surface area is 222 Å². The summed E-state index contributed by atoms with van der Waals surface area (Å²) in [6.07, 6.45) is 2.92. The minimum Gasteiger partial charge on any atom is -0.497 e. The summed E-state index contributed by atoms with van der Waals surface area (Å²) in [6.45, 7) is 2.87. The number of thioether (sulfide) groups is 1. The van der Waals surface area contributed by atoms with Gasteiger partial charge in [-0.1, -0.05) is 17.7 Å². The van der Waals surface area contributed by atoms with E-state index < -0.39 is 6.17 Å². The quantitative estimate of drug-likeness (QED) is 0.282. The highest BCUT2D eigenvalue weighted by Gasteiger charge is 2.35. The first-order valence-corrected chi connectivity index (χ1v) is 13.7. The monoisotopic (exact) mass is 532 g/mol. The predicted octanol–water partition coefficient (Wildman–Crippen LogP) is 6.56. The Hall–Kier alpha value is -2.06. The molecule has 0 aliphatic carbocycles. The molecule has 0 spiro atoms. The first kappa shape index (κ1) is 27.0. The van der Waals surface area contributed by atoms with Crippen molar-refractivity contribution in [2.45, 2.75) is 36.8 Å². The highest BCUT2D eigenvalue weighted by molar-refractivity contribution is 7.99. The first-order chi connectivity index (χ1) is 17.5. The number of fused-ring (bicyclic) bond motifs is 1. The van der Waals surface area contributed by atoms with Gasteiger partial charge in [0.15, 0.2) is 0 Å². The number of benzene rings is 2. The minimum atomic E-state index is -1.24. The zero-order chi connectivity index (χ0) is 25.5. The number of aliphatic hydroxyl groups excluding tert-OH is 1. The lowest BCUT2D eigenvalue weighted by molar-refractivity contribution is 0.0323. The smallest absolute Gasteiger partial charge is 0.127 e. The molecule has 2 heterocycles. The predicted molar refractivity (Wildman–Crippen MR) is 145 cm³/mol. The van der Waals surface area contributed by atoms with Crippen LogP contribution in [-0.2, 0) is 0 Å². The summed E-state index contributed by atoms with van der Waals surface area (Å²) >= 11 is 8.22. The van der Waals surface area contributed by atoms with Gasteiger partial charge in [-0.05, 0) is 80.6 Å². The largest absolute Gasteiger partial charge is 0.497 e. The van der Waals surface area contributed by atoms with Gasteiger partial charge in [-0.3, -0.25) is 4.98 Å². The van der Waals surface area contributed by atoms with Gasteiger partial charge in [0.25, 0.3) is 0 Å². The summed E-state index contributed by atoms with van der Waals surface area (Å²) in [6, 6.07) is 13.5. The molecule has 1 aliphatic heterocycles. The molecule has 1 atom stereocenters. The minimum absolute atomic E-state index is 0.0742. The van der Waals surface area contributed by atoms with E-state index in [0.29, 0.717) is 40.1 Å². The van der Waals surface area contributed by atoms with Crippen LogP contribution in [0.4, 0.5) is 4.39 Å². The van der Waals surface area contributed by atoms with Crippen molar-refractivity contribution in [1.82, 2.24) is 9.88 Å². The number of likely N-dealkylation sites (tertiary alicyclic amines) is 1. The molecule has 8 heteroatoms. The Bertz CT molecular complexity index is 1160. The number of nitrogens with zero attached hydrogens (tertiary/aromatic N) is 2. The third kappa shape index (κ3) is 6.43. The molecule has 0 unspecified atom stereocenters. The third-order valence-corrected chi connectivity index (χ3v) is 8.55. The number of alkyl halides is 1. The number of aromatic nitrogens is 1. The number of hydrogen-bond acceptors (Lipinski definition) is 6. The summed E-state index contributed by atoms with van der Waals surface area (Å²) in [5, 5.41) is 11.3. The van der Waals surface area contributed by atoms with Gasteiger partial charge in [-0.25, -0.2) is 4.39 Å². The molecule has 1 N–H and O–H groups in total. The highest BCUT2D eigenvalue weighted by Crippen LogP contribution is 2.42. The Morgan fingerprint density at radius 1 is 1.14 bits per heavy atom. The lowest BCUT2D eigenvalue weighted by atomic mass is 9.74. The van der Waals surface area contributed by atoms with Crippen LogP contribution in [0.3, 0.4) is 0 Å². The van der Waals surface area contributed by atoms with E-state index >= 15 is 4.39 Å². The van der Waals surface area contributed by atoms with Crippen LogP contribution in [0.5, 0.6) is 11.5 Å². The Kier molecular flexibility index (Phi) is 9.34. The Balaban J connectivity index is 1.32. The van der Waals surface area contributed by atoms with Gasteiger partial charge in [-0.15, -0.1) is 11.8 Å². The van der Waals surface area contributed by atoms with Gasteiger partial charge < -0.3 is 19.5 Å². The van der Waals surface area contributed by atoms with Gasteiger partial charge in [0.2, 0.25) is 0 Å². The number of halogens is 2. The maximum atomic E-state index is 15.6. The molecule has 0 radical (unpaired) electrons. The number of methoxy groups -OCH3 is 2. The number of aliphatic hydroxyl groups is 1. The van der Waals surface area contributed by atoms with Crippen LogP contribution in [0.2, 0.25) is 5.02 Å². The Morgan fingerprint density at radius 2 is 1.89 bits per heavy atom. The molecule has 1 aliphatic rings. The zero-order valence-electron chi connectivity index (χ0n) is 20.9. The van der Waals surface area contributed by atoms with Crippen LogP contribution in [0, 0.1) is 5.41 Å². The van der Waals surface area contributed by atoms with Crippen LogP contribution < -0.4 is 9.47 Å². The third-order valence-electron chi connectivity index (χ3n) is 7.28. The van der Waals surface area contributed by atoms with Gasteiger partial charge in [0, 0.05) is 40.9 Å². The molecule has 5 nitrogen and oxygen atoms in total. The van der Waals surface area contributed by atoms with E-state index in [4.69, 9.17) is 21.1 Å². The van der Waals surface area contributed by atoms with Crippen molar-refractivity contribution in [2.75, 3.05) is 46.2 Å². The average Bonchev–Trinajstić information content (AvgIpc) is 2.92. The molecule has 1 fully saturated rings. The fourth-order valence-corrected chi connectivity index (χ4v) is 6.14. The van der Waals surface area contributed by atoms with E-state index in [0.717, 1.165) is 44.0 Å². The van der Waals surface area contributed by atoms with E-state index in [9.17, 15) is 5.11 Å². The summed E-state index contributed by atoms with van der Waals surface area (Å²) in [5.74, 6) is 2.50. The van der Waals surface area contributed by atoms with E-state index in [1.165, 1.54) is 11.1 Å². The lowest BCUT2D eigenvalue weighted by Crippen LogP contribution is -2.42. The average molecular weight is 533 g/mol. The number of ether oxygens (including phenoxy) is 2. The number of pyridine rings is 1. The summed E-state index contributed by atoms with van der Waals surface area (Å²) in [4.78, 5) is 7.97. The fraction of sp³-hybridized carbons (Fsp3) is 0.464. The second kappa shape index (κ2) is 12.5. The molecule has 4 rings (SSSR count). The zero-order valence-corrected chi connectivity index (χ0v) is 22.5. The number of piperidine rings is 1. The number of rotatable bonds is 11. The molecule has 3 aromatic rings. The van der Waals surface area contributed by atoms with E-state index in [1.54, 1.807) is 20.3 Å². The van der Waals surface area contributed by atoms with Gasteiger partial charge >= 0.3 is 0 Å². The summed E-state index contributed by atoms with van der Waals surface area (Å²) in [5.41, 5.74) is 0.892. The van der Waals surface area contributed by atoms with Crippen LogP contribution in [0.1, 0.15) is 37.4 Å². The van der Waals surface area contributed by atoms with Crippen LogP contribution in [0.15, 0.2) is 53.6 Å². The van der Waals surface area contributed by atoms with Crippen molar-refractivity contribution in [1.29, 1.82) is 0 Å². The molecule has 194 valence electrons. The summed E-state index contributed by atoms with van der Waals surface area (Å²) < 4.78 is 26.2. The van der Waals surface area contributed by atoms with E-state index in [-0.39, 0.29) is 12.0 Å². The van der Waals surface area contributed by atoms with E-state index in [2.05, 4.69) is 22.0 Å². The normalized spacial score (nSPS) is 16.7. The second-order valence-electron chi connectivity index (χ2n) is 9.44. The van der Waals surface area contributed by atoms with Gasteiger partial charge in [-0.2, -0.15) is 0 Å². The molecule has 0 amide bonds. The van der Waals surface area contributed by atoms with Crippen LogP contribution >= 0.6 is 23.4 Å². The van der Waals surface area contributed by atoms with Crippen molar-refractivity contribution in [3.05, 3.63) is 59.2 Å². The lowest BCUT2D eigenvalue weighted by Gasteiger charge is -2.41. The van der Waals surface area contributed by atoms with Crippen LogP contribution in [0.25, 0.3) is 10.9 Å². The molecular formula is C28H34ClFN2O3S. The van der Waals surface area contributed by atoms with Gasteiger partial charge in [0.1, 0.15) is 17.7 Å². The molecule has 0 saturated carbocycles. The number of hydrogen-bond donors (Lipinski definition) is 1. The Morgan fingerprint density at radius 3 is 2.61 bits per heavy atom. The summed E-state index contributed by atoms with van der Waals surface area (Å²) in [7, 11) is 3.27. The standard InChI is InChI=1S/C28H34ClFN2O3S/c1-34-20-4-3-5-22(16-20)36-15-14-32-12-10-28(19-33,11-13-32)9-8-25(30)27-23-17-21(35-2)6-7-26(23)31-18-24(27)29/h3-7,16-18,25,33H,8-15,19H2,1-2H3/t25-/m1/s1. The van der Waals surface area contributed by atoms with Crippen molar-refractivity contribution >= 4 is 34.3 Å². The molecule has 36 heavy (non-hydrogen) atoms. The van der Waals surface area contributed by atoms with E-state index in [1.807, 2.05) is 36.0 Å². The molecule has 1 aromatic heterocycles. The maximum Gasteiger partial charge on any atom is 0.127 e. The molecular weight excluding hydrogens is 499 g/mol. The van der Waals surface area contributed by atoms with Gasteiger partial charge in [0.05, 0.1) is 24.8 Å². The van der Waals surface area contributed by atoms with Crippen molar-refractivity contribution in [3.63, 3.8) is 0 Å². The topological polar surface area (TPSA) is 54.8 Å². The van der Waals surface area contributed by atoms with Crippen molar-refractivity contribution < 1.29 is 19.0 Å². The molecule has 2 aromatic carbocycles. The second-order valence-corrected chi connectivity index (χ2v) is 11.0. The molecule has 1 saturated heterocycles.